The van der Waals surface area contributed by atoms with Crippen LogP contribution in [0, 0.1) is 0 Å². The molecule has 3 heterocycles. The number of amides is 3. The van der Waals surface area contributed by atoms with E-state index in [1.165, 1.54) is 0 Å². The van der Waals surface area contributed by atoms with E-state index in [0.29, 0.717) is 0 Å². The van der Waals surface area contributed by atoms with Crippen LogP contribution < -0.4 is 0 Å². The second-order valence-electron chi connectivity index (χ2n) is 7.48. The smallest absolute Gasteiger partial charge is 0.327 e. The van der Waals surface area contributed by atoms with Crippen LogP contribution in [0.5, 0.6) is 0 Å². The first-order valence-corrected chi connectivity index (χ1v) is 8.92. The van der Waals surface area contributed by atoms with E-state index in [2.05, 4.69) is 4.90 Å². The summed E-state index contributed by atoms with van der Waals surface area (Å²) in [6.07, 6.45) is 3.77. The van der Waals surface area contributed by atoms with Crippen LogP contribution in [-0.2, 0) is 9.53 Å². The van der Waals surface area contributed by atoms with Crippen molar-refractivity contribution in [2.45, 2.75) is 64.1 Å². The second kappa shape index (κ2) is 6.40. The molecule has 0 saturated carbocycles. The van der Waals surface area contributed by atoms with Crippen LogP contribution in [0.4, 0.5) is 4.79 Å². The topological polar surface area (TPSA) is 53.1 Å². The Morgan fingerprint density at radius 3 is 2.52 bits per heavy atom. The highest BCUT2D eigenvalue weighted by Crippen LogP contribution is 2.39. The summed E-state index contributed by atoms with van der Waals surface area (Å²) in [4.78, 5) is 31.1. The van der Waals surface area contributed by atoms with Crippen LogP contribution in [0.2, 0.25) is 0 Å². The monoisotopic (exact) mass is 323 g/mol. The number of carbonyl (C=O) groups is 2. The van der Waals surface area contributed by atoms with E-state index in [0.717, 1.165) is 58.5 Å². The summed E-state index contributed by atoms with van der Waals surface area (Å²) in [6.45, 7) is 10.3. The Morgan fingerprint density at radius 1 is 1.22 bits per heavy atom. The average Bonchev–Trinajstić information content (AvgIpc) is 2.98. The molecule has 3 amide bonds. The summed E-state index contributed by atoms with van der Waals surface area (Å²) in [5.41, 5.74) is -0.570. The molecular formula is C17H29N3O3. The van der Waals surface area contributed by atoms with Crippen LogP contribution in [-0.4, -0.2) is 77.1 Å². The van der Waals surface area contributed by atoms with Crippen molar-refractivity contribution in [2.75, 3.05) is 32.8 Å². The molecule has 130 valence electrons. The van der Waals surface area contributed by atoms with E-state index in [4.69, 9.17) is 4.74 Å². The Labute approximate surface area is 138 Å². The lowest BCUT2D eigenvalue weighted by molar-refractivity contribution is -0.134. The number of nitrogens with zero attached hydrogens (tertiary/aromatic N) is 3. The Kier molecular flexibility index (Phi) is 4.65. The van der Waals surface area contributed by atoms with Gasteiger partial charge in [0, 0.05) is 32.2 Å². The predicted molar refractivity (Wildman–Crippen MR) is 87.1 cm³/mol. The molecule has 3 aliphatic rings. The number of hydrogen-bond acceptors (Lipinski definition) is 4. The van der Waals surface area contributed by atoms with Gasteiger partial charge >= 0.3 is 6.03 Å². The Hall–Kier alpha value is -1.14. The van der Waals surface area contributed by atoms with Gasteiger partial charge in [0.15, 0.2) is 0 Å². The fraction of sp³-hybridized carbons (Fsp3) is 0.882. The third-order valence-electron chi connectivity index (χ3n) is 5.54. The van der Waals surface area contributed by atoms with E-state index in [-0.39, 0.29) is 24.1 Å². The molecule has 0 aromatic carbocycles. The fourth-order valence-electron chi connectivity index (χ4n) is 4.11. The highest BCUT2D eigenvalue weighted by atomic mass is 16.5. The Morgan fingerprint density at radius 2 is 1.91 bits per heavy atom. The number of piperidine rings is 1. The van der Waals surface area contributed by atoms with Crippen LogP contribution >= 0.6 is 0 Å². The van der Waals surface area contributed by atoms with Gasteiger partial charge in [-0.1, -0.05) is 0 Å². The maximum Gasteiger partial charge on any atom is 0.327 e. The summed E-state index contributed by atoms with van der Waals surface area (Å²) in [5, 5.41) is 0. The normalized spacial score (nSPS) is 29.9. The van der Waals surface area contributed by atoms with E-state index in [1.807, 2.05) is 20.8 Å². The molecule has 3 saturated heterocycles. The predicted octanol–water partition coefficient (Wildman–Crippen LogP) is 1.69. The molecule has 0 N–H and O–H groups in total. The molecule has 0 radical (unpaired) electrons. The van der Waals surface area contributed by atoms with Gasteiger partial charge in [0.2, 0.25) is 0 Å². The third kappa shape index (κ3) is 2.98. The molecule has 3 fully saturated rings. The van der Waals surface area contributed by atoms with Gasteiger partial charge in [-0.15, -0.1) is 0 Å². The summed E-state index contributed by atoms with van der Waals surface area (Å²) in [6, 6.07) is 0.0104. The molecule has 0 aromatic heterocycles. The summed E-state index contributed by atoms with van der Waals surface area (Å²) >= 11 is 0. The van der Waals surface area contributed by atoms with E-state index < -0.39 is 5.54 Å². The van der Waals surface area contributed by atoms with Crippen LogP contribution in [0.3, 0.4) is 0 Å². The molecule has 0 aromatic rings. The van der Waals surface area contributed by atoms with Gasteiger partial charge in [-0.2, -0.15) is 0 Å². The SMILES string of the molecule is CC(C)OCCN1CCC(N2C(=O)N3CCC[C@]3(C)C2=O)CC1. The summed E-state index contributed by atoms with van der Waals surface area (Å²) in [7, 11) is 0. The molecule has 3 aliphatic heterocycles. The van der Waals surface area contributed by atoms with Crippen LogP contribution in [0.15, 0.2) is 0 Å². The number of rotatable bonds is 5. The molecular weight excluding hydrogens is 294 g/mol. The number of imide groups is 1. The zero-order valence-corrected chi connectivity index (χ0v) is 14.6. The zero-order valence-electron chi connectivity index (χ0n) is 14.6. The molecule has 0 aliphatic carbocycles. The Balaban J connectivity index is 1.54. The van der Waals surface area contributed by atoms with Crippen molar-refractivity contribution >= 4 is 11.9 Å². The first-order chi connectivity index (χ1) is 10.9. The first-order valence-electron chi connectivity index (χ1n) is 8.92. The first kappa shape index (κ1) is 16.7. The molecule has 0 bridgehead atoms. The third-order valence-corrected chi connectivity index (χ3v) is 5.54. The van der Waals surface area contributed by atoms with Crippen LogP contribution in [0.25, 0.3) is 0 Å². The van der Waals surface area contributed by atoms with Gasteiger partial charge in [-0.3, -0.25) is 9.69 Å². The minimum absolute atomic E-state index is 0.0293. The maximum absolute atomic E-state index is 12.8. The van der Waals surface area contributed by atoms with Crippen molar-refractivity contribution in [3.63, 3.8) is 0 Å². The lowest BCUT2D eigenvalue weighted by Crippen LogP contribution is -2.49. The van der Waals surface area contributed by atoms with Gasteiger partial charge in [0.1, 0.15) is 5.54 Å². The minimum Gasteiger partial charge on any atom is -0.377 e. The highest BCUT2D eigenvalue weighted by Gasteiger charge is 2.57. The van der Waals surface area contributed by atoms with Crippen molar-refractivity contribution in [3.8, 4) is 0 Å². The van der Waals surface area contributed by atoms with Crippen molar-refractivity contribution in [1.29, 1.82) is 0 Å². The molecule has 1 atom stereocenters. The van der Waals surface area contributed by atoms with Crippen molar-refractivity contribution in [2.24, 2.45) is 0 Å². The highest BCUT2D eigenvalue weighted by molar-refractivity contribution is 6.07. The average molecular weight is 323 g/mol. The minimum atomic E-state index is -0.570. The fourth-order valence-corrected chi connectivity index (χ4v) is 4.11. The van der Waals surface area contributed by atoms with E-state index >= 15 is 0 Å². The molecule has 0 unspecified atom stereocenters. The van der Waals surface area contributed by atoms with E-state index in [9.17, 15) is 9.59 Å². The standard InChI is InChI=1S/C17H29N3O3/c1-13(2)23-12-11-18-9-5-14(6-10-18)20-15(21)17(3)7-4-8-19(17)16(20)22/h13-14H,4-12H2,1-3H3/t17-/m1/s1. The van der Waals surface area contributed by atoms with Crippen molar-refractivity contribution in [1.82, 2.24) is 14.7 Å². The molecule has 6 nitrogen and oxygen atoms in total. The summed E-state index contributed by atoms with van der Waals surface area (Å²) in [5.74, 6) is 0.0293. The van der Waals surface area contributed by atoms with Gasteiger partial charge < -0.3 is 14.5 Å². The molecule has 0 spiro atoms. The van der Waals surface area contributed by atoms with Crippen molar-refractivity contribution < 1.29 is 14.3 Å². The summed E-state index contributed by atoms with van der Waals surface area (Å²) < 4.78 is 5.60. The number of carbonyl (C=O) groups excluding carboxylic acids is 2. The second-order valence-corrected chi connectivity index (χ2v) is 7.48. The van der Waals surface area contributed by atoms with Crippen LogP contribution in [0.1, 0.15) is 46.5 Å². The van der Waals surface area contributed by atoms with Gasteiger partial charge in [-0.05, 0) is 46.5 Å². The largest absolute Gasteiger partial charge is 0.377 e. The van der Waals surface area contributed by atoms with E-state index in [1.54, 1.807) is 9.80 Å². The van der Waals surface area contributed by atoms with Gasteiger partial charge in [-0.25, -0.2) is 4.79 Å². The van der Waals surface area contributed by atoms with Gasteiger partial charge in [0.05, 0.1) is 12.7 Å². The lowest BCUT2D eigenvalue weighted by Gasteiger charge is -2.35. The Bertz CT molecular complexity index is 474. The maximum atomic E-state index is 12.8. The molecule has 6 heteroatoms. The van der Waals surface area contributed by atoms with Gasteiger partial charge in [0.25, 0.3) is 5.91 Å². The number of likely N-dealkylation sites (tertiary alicyclic amines) is 1. The number of hydrogen-bond donors (Lipinski definition) is 0. The molecule has 23 heavy (non-hydrogen) atoms. The van der Waals surface area contributed by atoms with Crippen molar-refractivity contribution in [3.05, 3.63) is 0 Å². The lowest BCUT2D eigenvalue weighted by atomic mass is 9.97. The zero-order chi connectivity index (χ0) is 16.6. The number of fused-ring (bicyclic) bond motifs is 1. The molecule has 3 rings (SSSR count). The quantitative estimate of drug-likeness (QED) is 0.723. The number of ether oxygens (including phenoxy) is 1. The number of urea groups is 1.